The number of aromatic amines is 1. The van der Waals surface area contributed by atoms with Crippen molar-refractivity contribution < 1.29 is 0 Å². The number of fused-ring (bicyclic) bond motifs is 1. The molecule has 3 aromatic heterocycles. The predicted octanol–water partition coefficient (Wildman–Crippen LogP) is 5.41. The minimum Gasteiger partial charge on any atom is -0.367 e. The third-order valence-electron chi connectivity index (χ3n) is 4.73. The van der Waals surface area contributed by atoms with Gasteiger partial charge in [-0.1, -0.05) is 43.4 Å². The Labute approximate surface area is 146 Å². The molecule has 0 amide bonds. The van der Waals surface area contributed by atoms with Crippen molar-refractivity contribution in [2.75, 3.05) is 5.32 Å². The van der Waals surface area contributed by atoms with Crippen molar-refractivity contribution in [1.82, 2.24) is 15.0 Å². The first-order valence-corrected chi connectivity index (χ1v) is 9.04. The largest absolute Gasteiger partial charge is 0.367 e. The molecule has 4 nitrogen and oxygen atoms in total. The summed E-state index contributed by atoms with van der Waals surface area (Å²) in [5.41, 5.74) is 2.80. The summed E-state index contributed by atoms with van der Waals surface area (Å²) in [6.07, 6.45) is 11.4. The second kappa shape index (κ2) is 6.81. The van der Waals surface area contributed by atoms with Crippen LogP contribution in [-0.4, -0.2) is 21.0 Å². The summed E-state index contributed by atoms with van der Waals surface area (Å²) in [6, 6.07) is 8.60. The van der Waals surface area contributed by atoms with E-state index in [4.69, 9.17) is 16.6 Å². The van der Waals surface area contributed by atoms with E-state index in [-0.39, 0.29) is 0 Å². The first-order chi connectivity index (χ1) is 11.8. The monoisotopic (exact) mass is 340 g/mol. The van der Waals surface area contributed by atoms with Crippen LogP contribution in [0.15, 0.2) is 36.7 Å². The topological polar surface area (TPSA) is 53.6 Å². The predicted molar refractivity (Wildman–Crippen MR) is 99.4 cm³/mol. The zero-order valence-electron chi connectivity index (χ0n) is 13.6. The van der Waals surface area contributed by atoms with E-state index in [2.05, 4.69) is 27.4 Å². The number of nitrogens with one attached hydrogen (secondary N) is 2. The molecule has 2 N–H and O–H groups in total. The van der Waals surface area contributed by atoms with Gasteiger partial charge in [0.15, 0.2) is 0 Å². The van der Waals surface area contributed by atoms with Gasteiger partial charge in [-0.15, -0.1) is 0 Å². The fourth-order valence-corrected chi connectivity index (χ4v) is 3.65. The van der Waals surface area contributed by atoms with Gasteiger partial charge in [-0.05, 0) is 31.0 Å². The molecule has 5 heteroatoms. The van der Waals surface area contributed by atoms with Gasteiger partial charge in [-0.2, -0.15) is 0 Å². The molecule has 4 rings (SSSR count). The van der Waals surface area contributed by atoms with Gasteiger partial charge in [0.25, 0.3) is 0 Å². The minimum absolute atomic E-state index is 0.536. The van der Waals surface area contributed by atoms with Crippen LogP contribution >= 0.6 is 11.6 Å². The molecule has 0 spiro atoms. The van der Waals surface area contributed by atoms with Crippen LogP contribution < -0.4 is 5.32 Å². The lowest BCUT2D eigenvalue weighted by molar-refractivity contribution is 0.618. The summed E-state index contributed by atoms with van der Waals surface area (Å²) in [4.78, 5) is 12.3. The van der Waals surface area contributed by atoms with Crippen LogP contribution in [0.4, 0.5) is 5.82 Å². The molecule has 1 aliphatic carbocycles. The van der Waals surface area contributed by atoms with Crippen LogP contribution in [-0.2, 0) is 0 Å². The highest BCUT2D eigenvalue weighted by atomic mass is 35.5. The number of hydrogen-bond acceptors (Lipinski definition) is 3. The second-order valence-electron chi connectivity index (χ2n) is 6.49. The molecule has 0 atom stereocenters. The van der Waals surface area contributed by atoms with Gasteiger partial charge in [-0.25, -0.2) is 9.97 Å². The summed E-state index contributed by atoms with van der Waals surface area (Å²) in [5, 5.41) is 5.26. The molecule has 0 aliphatic heterocycles. The van der Waals surface area contributed by atoms with Gasteiger partial charge in [-0.3, -0.25) is 0 Å². The highest BCUT2D eigenvalue weighted by molar-refractivity contribution is 6.31. The maximum absolute atomic E-state index is 6.10. The van der Waals surface area contributed by atoms with Gasteiger partial charge in [0.2, 0.25) is 0 Å². The van der Waals surface area contributed by atoms with Gasteiger partial charge >= 0.3 is 0 Å². The summed E-state index contributed by atoms with van der Waals surface area (Å²) < 4.78 is 0. The fraction of sp³-hybridized carbons (Fsp3) is 0.368. The molecule has 0 unspecified atom stereocenters. The van der Waals surface area contributed by atoms with Crippen molar-refractivity contribution in [2.45, 2.75) is 44.6 Å². The molecule has 0 aromatic carbocycles. The maximum atomic E-state index is 6.10. The first-order valence-electron chi connectivity index (χ1n) is 8.66. The summed E-state index contributed by atoms with van der Waals surface area (Å²) in [6.45, 7) is 0. The standard InChI is InChI=1S/C19H21ClN4/c20-13-10-15-16(12-22-19(15)21-11-13)17-8-5-9-18(24-17)23-14-6-3-1-2-4-7-14/h5,8-12,14H,1-4,6-7H2,(H,21,22)(H,23,24). The molecule has 24 heavy (non-hydrogen) atoms. The lowest BCUT2D eigenvalue weighted by Gasteiger charge is -2.17. The molecule has 1 fully saturated rings. The van der Waals surface area contributed by atoms with E-state index < -0.39 is 0 Å². The number of aromatic nitrogens is 3. The average molecular weight is 341 g/mol. The van der Waals surface area contributed by atoms with Crippen LogP contribution in [0.1, 0.15) is 38.5 Å². The Kier molecular flexibility index (Phi) is 4.39. The number of hydrogen-bond donors (Lipinski definition) is 2. The van der Waals surface area contributed by atoms with E-state index in [1.54, 1.807) is 6.20 Å². The molecular weight excluding hydrogens is 320 g/mol. The molecule has 1 aliphatic rings. The number of H-pyrrole nitrogens is 1. The van der Waals surface area contributed by atoms with Gasteiger partial charge in [0.05, 0.1) is 10.7 Å². The first kappa shape index (κ1) is 15.5. The number of rotatable bonds is 3. The Morgan fingerprint density at radius 1 is 1.12 bits per heavy atom. The number of nitrogens with zero attached hydrogens (tertiary/aromatic N) is 2. The Morgan fingerprint density at radius 3 is 2.79 bits per heavy atom. The zero-order valence-corrected chi connectivity index (χ0v) is 14.3. The third kappa shape index (κ3) is 3.24. The van der Waals surface area contributed by atoms with E-state index in [9.17, 15) is 0 Å². The third-order valence-corrected chi connectivity index (χ3v) is 4.94. The summed E-state index contributed by atoms with van der Waals surface area (Å²) in [7, 11) is 0. The molecule has 0 bridgehead atoms. The maximum Gasteiger partial charge on any atom is 0.138 e. The van der Waals surface area contributed by atoms with E-state index in [1.807, 2.05) is 18.3 Å². The minimum atomic E-state index is 0.536. The Balaban J connectivity index is 1.62. The summed E-state index contributed by atoms with van der Waals surface area (Å²) in [5.74, 6) is 0.948. The second-order valence-corrected chi connectivity index (χ2v) is 6.93. The fourth-order valence-electron chi connectivity index (χ4n) is 3.49. The normalized spacial score (nSPS) is 16.2. The number of halogens is 1. The quantitative estimate of drug-likeness (QED) is 0.626. The zero-order chi connectivity index (χ0) is 16.4. The SMILES string of the molecule is Clc1cnc2[nH]cc(-c3cccc(NC4CCCCCC4)n3)c2c1. The van der Waals surface area contributed by atoms with Crippen LogP contribution in [0.5, 0.6) is 0 Å². The van der Waals surface area contributed by atoms with Crippen molar-refractivity contribution in [2.24, 2.45) is 0 Å². The van der Waals surface area contributed by atoms with Crippen LogP contribution in [0.25, 0.3) is 22.3 Å². The number of pyridine rings is 2. The molecule has 3 heterocycles. The molecule has 0 saturated heterocycles. The van der Waals surface area contributed by atoms with Gasteiger partial charge in [0, 0.05) is 29.4 Å². The highest BCUT2D eigenvalue weighted by Crippen LogP contribution is 2.29. The number of anilines is 1. The van der Waals surface area contributed by atoms with Crippen LogP contribution in [0.3, 0.4) is 0 Å². The molecule has 124 valence electrons. The van der Waals surface area contributed by atoms with Gasteiger partial charge < -0.3 is 10.3 Å². The van der Waals surface area contributed by atoms with E-state index in [0.29, 0.717) is 11.1 Å². The van der Waals surface area contributed by atoms with Crippen molar-refractivity contribution >= 4 is 28.5 Å². The van der Waals surface area contributed by atoms with Crippen molar-refractivity contribution in [3.05, 3.63) is 41.7 Å². The smallest absolute Gasteiger partial charge is 0.138 e. The Hall–Kier alpha value is -2.07. The van der Waals surface area contributed by atoms with E-state index in [1.165, 1.54) is 38.5 Å². The Bertz CT molecular complexity index is 834. The van der Waals surface area contributed by atoms with Crippen LogP contribution in [0.2, 0.25) is 5.02 Å². The average Bonchev–Trinajstić information content (AvgIpc) is 2.83. The Morgan fingerprint density at radius 2 is 1.96 bits per heavy atom. The van der Waals surface area contributed by atoms with E-state index in [0.717, 1.165) is 28.1 Å². The van der Waals surface area contributed by atoms with E-state index >= 15 is 0 Å². The van der Waals surface area contributed by atoms with Crippen molar-refractivity contribution in [3.63, 3.8) is 0 Å². The van der Waals surface area contributed by atoms with Crippen molar-refractivity contribution in [3.8, 4) is 11.3 Å². The van der Waals surface area contributed by atoms with Gasteiger partial charge in [0.1, 0.15) is 11.5 Å². The molecule has 0 radical (unpaired) electrons. The van der Waals surface area contributed by atoms with Crippen LogP contribution in [0, 0.1) is 0 Å². The molecular formula is C19H21ClN4. The lowest BCUT2D eigenvalue weighted by Crippen LogP contribution is -2.19. The molecule has 3 aromatic rings. The molecule has 1 saturated carbocycles. The lowest BCUT2D eigenvalue weighted by atomic mass is 10.1. The highest BCUT2D eigenvalue weighted by Gasteiger charge is 2.14. The summed E-state index contributed by atoms with van der Waals surface area (Å²) >= 11 is 6.10. The van der Waals surface area contributed by atoms with Crippen molar-refractivity contribution in [1.29, 1.82) is 0 Å².